The Morgan fingerprint density at radius 2 is 1.67 bits per heavy atom. The van der Waals surface area contributed by atoms with Crippen molar-refractivity contribution in [2.24, 2.45) is 5.73 Å². The second-order valence-electron chi connectivity index (χ2n) is 7.84. The first-order valence-electron chi connectivity index (χ1n) is 10.1. The Labute approximate surface area is 162 Å². The van der Waals surface area contributed by atoms with Gasteiger partial charge in [-0.25, -0.2) is 0 Å². The summed E-state index contributed by atoms with van der Waals surface area (Å²) in [6.07, 6.45) is 8.83. The number of hydrogen-bond acceptors (Lipinski definition) is 2. The van der Waals surface area contributed by atoms with Crippen molar-refractivity contribution < 1.29 is 9.53 Å². The zero-order valence-corrected chi connectivity index (χ0v) is 17.1. The fraction of sp³-hybridized carbons (Fsp3) is 0.522. The molecule has 0 unspecified atom stereocenters. The molecule has 1 aliphatic carbocycles. The minimum absolute atomic E-state index is 0.344. The quantitative estimate of drug-likeness (QED) is 0.777. The summed E-state index contributed by atoms with van der Waals surface area (Å²) in [7, 11) is 1.68. The number of nitrogens with two attached hydrogens (primary N) is 1. The van der Waals surface area contributed by atoms with E-state index in [0.717, 1.165) is 33.8 Å². The van der Waals surface area contributed by atoms with E-state index < -0.39 is 0 Å². The van der Waals surface area contributed by atoms with Crippen LogP contribution in [-0.4, -0.2) is 17.6 Å². The number of primary amides is 1. The van der Waals surface area contributed by atoms with Crippen molar-refractivity contribution in [1.82, 2.24) is 4.57 Å². The van der Waals surface area contributed by atoms with E-state index in [2.05, 4.69) is 17.6 Å². The summed E-state index contributed by atoms with van der Waals surface area (Å²) in [5, 5.41) is 0. The number of nitrogens with zero attached hydrogens (tertiary/aromatic N) is 1. The summed E-state index contributed by atoms with van der Waals surface area (Å²) in [6, 6.07) is 6.55. The molecule has 0 aliphatic heterocycles. The van der Waals surface area contributed by atoms with Crippen LogP contribution in [0.25, 0.3) is 11.1 Å². The topological polar surface area (TPSA) is 57.2 Å². The predicted octanol–water partition coefficient (Wildman–Crippen LogP) is 5.47. The maximum Gasteiger partial charge on any atom is 0.251 e. The van der Waals surface area contributed by atoms with Crippen molar-refractivity contribution in [3.8, 4) is 16.9 Å². The monoisotopic (exact) mass is 368 g/mol. The summed E-state index contributed by atoms with van der Waals surface area (Å²) in [6.45, 7) is 6.21. The molecule has 3 rings (SSSR count). The van der Waals surface area contributed by atoms with Crippen molar-refractivity contribution in [3.05, 3.63) is 40.7 Å². The average Bonchev–Trinajstić information content (AvgIpc) is 2.86. The van der Waals surface area contributed by atoms with E-state index in [0.29, 0.717) is 11.6 Å². The first-order valence-corrected chi connectivity index (χ1v) is 10.1. The summed E-state index contributed by atoms with van der Waals surface area (Å²) in [4.78, 5) is 12.4. The van der Waals surface area contributed by atoms with Gasteiger partial charge in [0.15, 0.2) is 0 Å². The highest BCUT2D eigenvalue weighted by molar-refractivity contribution is 6.02. The van der Waals surface area contributed by atoms with Gasteiger partial charge in [-0.1, -0.05) is 38.2 Å². The first-order chi connectivity index (χ1) is 13.0. The zero-order chi connectivity index (χ0) is 19.6. The second-order valence-corrected chi connectivity index (χ2v) is 7.84. The van der Waals surface area contributed by atoms with Gasteiger partial charge in [0, 0.05) is 23.0 Å². The highest BCUT2D eigenvalue weighted by atomic mass is 16.5. The van der Waals surface area contributed by atoms with Crippen molar-refractivity contribution in [2.75, 3.05) is 7.11 Å². The van der Waals surface area contributed by atoms with Gasteiger partial charge >= 0.3 is 0 Å². The molecule has 2 N–H and O–H groups in total. The fourth-order valence-corrected chi connectivity index (χ4v) is 4.78. The number of methoxy groups -OCH3 is 1. The number of carbonyl (C=O) groups excluding carboxylic acids is 1. The number of carbonyl (C=O) groups is 1. The number of benzene rings is 1. The van der Waals surface area contributed by atoms with E-state index in [1.807, 2.05) is 26.0 Å². The molecule has 1 aliphatic rings. The van der Waals surface area contributed by atoms with Crippen LogP contribution in [0.2, 0.25) is 0 Å². The van der Waals surface area contributed by atoms with Crippen LogP contribution in [0.5, 0.6) is 5.75 Å². The lowest BCUT2D eigenvalue weighted by Crippen LogP contribution is -2.16. The molecule has 0 atom stereocenters. The largest absolute Gasteiger partial charge is 0.496 e. The highest BCUT2D eigenvalue weighted by Gasteiger charge is 2.26. The van der Waals surface area contributed by atoms with Crippen LogP contribution in [0.4, 0.5) is 0 Å². The summed E-state index contributed by atoms with van der Waals surface area (Å²) in [5.41, 5.74) is 11.7. The highest BCUT2D eigenvalue weighted by Crippen LogP contribution is 2.38. The lowest BCUT2D eigenvalue weighted by atomic mass is 9.96. The van der Waals surface area contributed by atoms with Crippen LogP contribution in [0.15, 0.2) is 18.2 Å². The van der Waals surface area contributed by atoms with E-state index in [4.69, 9.17) is 10.5 Å². The first kappa shape index (κ1) is 19.5. The normalized spacial score (nSPS) is 16.0. The number of aryl methyl sites for hydroxylation is 1. The molecule has 1 amide bonds. The van der Waals surface area contributed by atoms with Gasteiger partial charge in [-0.2, -0.15) is 0 Å². The average molecular weight is 369 g/mol. The Balaban J connectivity index is 2.13. The minimum Gasteiger partial charge on any atom is -0.496 e. The molecule has 0 saturated heterocycles. The van der Waals surface area contributed by atoms with E-state index in [1.54, 1.807) is 7.11 Å². The van der Waals surface area contributed by atoms with Crippen LogP contribution in [0.3, 0.4) is 0 Å². The number of rotatable bonds is 4. The standard InChI is InChI=1S/C23H32N2O2/c1-15-14-18(12-13-20(15)27-4)21-16(2)25(17(3)22(21)23(24)26)19-10-8-6-5-7-9-11-19/h12-14,19H,5-11H2,1-4H3,(H2,24,26). The van der Waals surface area contributed by atoms with Gasteiger partial charge in [0.05, 0.1) is 12.7 Å². The van der Waals surface area contributed by atoms with Gasteiger partial charge < -0.3 is 15.0 Å². The Morgan fingerprint density at radius 1 is 1.04 bits per heavy atom. The van der Waals surface area contributed by atoms with E-state index in [9.17, 15) is 4.79 Å². The van der Waals surface area contributed by atoms with Crippen LogP contribution >= 0.6 is 0 Å². The van der Waals surface area contributed by atoms with E-state index >= 15 is 0 Å². The lowest BCUT2D eigenvalue weighted by molar-refractivity contribution is 0.1000. The van der Waals surface area contributed by atoms with Crippen molar-refractivity contribution in [2.45, 2.75) is 71.8 Å². The summed E-state index contributed by atoms with van der Waals surface area (Å²) < 4.78 is 7.79. The van der Waals surface area contributed by atoms with Crippen molar-refractivity contribution >= 4 is 5.91 Å². The maximum absolute atomic E-state index is 12.4. The molecule has 1 saturated carbocycles. The molecule has 0 radical (unpaired) electrons. The third kappa shape index (κ3) is 3.76. The molecule has 2 aromatic rings. The van der Waals surface area contributed by atoms with Crippen LogP contribution in [0, 0.1) is 20.8 Å². The van der Waals surface area contributed by atoms with Gasteiger partial charge in [-0.05, 0) is 56.9 Å². The summed E-state index contributed by atoms with van der Waals surface area (Å²) in [5.74, 6) is 0.511. The Kier molecular flexibility index (Phi) is 5.93. The molecule has 1 heterocycles. The number of amides is 1. The van der Waals surface area contributed by atoms with Crippen molar-refractivity contribution in [1.29, 1.82) is 0 Å². The van der Waals surface area contributed by atoms with Gasteiger partial charge in [0.1, 0.15) is 5.75 Å². The Morgan fingerprint density at radius 3 is 2.22 bits per heavy atom. The number of aromatic nitrogens is 1. The zero-order valence-electron chi connectivity index (χ0n) is 17.1. The molecule has 27 heavy (non-hydrogen) atoms. The molecule has 4 heteroatoms. The third-order valence-electron chi connectivity index (χ3n) is 6.07. The Hall–Kier alpha value is -2.23. The smallest absolute Gasteiger partial charge is 0.251 e. The number of ether oxygens (including phenoxy) is 1. The maximum atomic E-state index is 12.4. The molecule has 0 bridgehead atoms. The Bertz CT molecular complexity index is 827. The van der Waals surface area contributed by atoms with Gasteiger partial charge in [0.25, 0.3) is 5.91 Å². The number of hydrogen-bond donors (Lipinski definition) is 1. The van der Waals surface area contributed by atoms with Crippen LogP contribution in [-0.2, 0) is 0 Å². The molecule has 1 aromatic carbocycles. The van der Waals surface area contributed by atoms with Crippen LogP contribution < -0.4 is 10.5 Å². The van der Waals surface area contributed by atoms with E-state index in [-0.39, 0.29) is 5.91 Å². The molecular weight excluding hydrogens is 336 g/mol. The van der Waals surface area contributed by atoms with Gasteiger partial charge in [-0.15, -0.1) is 0 Å². The molecule has 1 fully saturated rings. The lowest BCUT2D eigenvalue weighted by Gasteiger charge is -2.25. The predicted molar refractivity (Wildman–Crippen MR) is 111 cm³/mol. The fourth-order valence-electron chi connectivity index (χ4n) is 4.78. The SMILES string of the molecule is COc1ccc(-c2c(C(N)=O)c(C)n(C3CCCCCCC3)c2C)cc1C. The van der Waals surface area contributed by atoms with Crippen molar-refractivity contribution in [3.63, 3.8) is 0 Å². The molecule has 1 aromatic heterocycles. The molecule has 4 nitrogen and oxygen atoms in total. The van der Waals surface area contributed by atoms with E-state index in [1.165, 1.54) is 44.9 Å². The molecule has 146 valence electrons. The second kappa shape index (κ2) is 8.20. The summed E-state index contributed by atoms with van der Waals surface area (Å²) >= 11 is 0. The third-order valence-corrected chi connectivity index (χ3v) is 6.07. The van der Waals surface area contributed by atoms with Crippen LogP contribution in [0.1, 0.15) is 78.3 Å². The van der Waals surface area contributed by atoms with Gasteiger partial charge in [-0.3, -0.25) is 4.79 Å². The molecule has 0 spiro atoms. The van der Waals surface area contributed by atoms with Gasteiger partial charge in [0.2, 0.25) is 0 Å². The molecular formula is C23H32N2O2. The minimum atomic E-state index is -0.344.